The number of furan rings is 1. The summed E-state index contributed by atoms with van der Waals surface area (Å²) < 4.78 is 87.8. The molecule has 0 bridgehead atoms. The van der Waals surface area contributed by atoms with E-state index >= 15 is 0 Å². The summed E-state index contributed by atoms with van der Waals surface area (Å²) in [5, 5.41) is 1.95. The van der Waals surface area contributed by atoms with E-state index in [-0.39, 0.29) is 84.2 Å². The van der Waals surface area contributed by atoms with Crippen molar-refractivity contribution < 1.29 is 16.8 Å². The first kappa shape index (κ1) is 26.3. The third-order valence-electron chi connectivity index (χ3n) is 10.8. The molecular formula is C55H33N3OS. The molecule has 0 saturated heterocycles. The Morgan fingerprint density at radius 2 is 1.05 bits per heavy atom. The van der Waals surface area contributed by atoms with E-state index in [0.29, 0.717) is 22.3 Å². The number of thiophene rings is 1. The zero-order valence-electron chi connectivity index (χ0n) is 40.5. The van der Waals surface area contributed by atoms with Gasteiger partial charge in [-0.2, -0.15) is 0 Å². The minimum Gasteiger partial charge on any atom is -0.456 e. The van der Waals surface area contributed by atoms with E-state index in [1.165, 1.54) is 0 Å². The molecule has 3 heterocycles. The normalized spacial score (nSPS) is 13.8. The Hall–Kier alpha value is -7.73. The fourth-order valence-electron chi connectivity index (χ4n) is 7.92. The minimum atomic E-state index is -0.525. The summed E-state index contributed by atoms with van der Waals surface area (Å²) in [6, 6.07) is 44.4. The van der Waals surface area contributed by atoms with Gasteiger partial charge in [0.15, 0.2) is 17.5 Å². The van der Waals surface area contributed by atoms with Gasteiger partial charge < -0.3 is 4.42 Å². The molecule has 5 heteroatoms. The molecule has 9 aromatic carbocycles. The SMILES string of the molecule is [2H]c1c(-c2nc(-c3cccc(-c4ccc(-c5ccccc5)cc4)c3)nc(-c3ccc4c(c3)oc3cccc(-c5ccccc5)c34)n2)c([2H])c2c(sc3c4c([2H])c([2H])c([2H])c([2H])c4c([2H])c([2H])c32)c1[2H]. The Morgan fingerprint density at radius 3 is 1.85 bits per heavy atom. The van der Waals surface area contributed by atoms with Crippen molar-refractivity contribution >= 4 is 64.2 Å². The second kappa shape index (κ2) is 14.0. The lowest BCUT2D eigenvalue weighted by molar-refractivity contribution is 0.669. The highest BCUT2D eigenvalue weighted by Crippen LogP contribution is 2.41. The van der Waals surface area contributed by atoms with Crippen molar-refractivity contribution in [2.75, 3.05) is 0 Å². The number of rotatable bonds is 6. The van der Waals surface area contributed by atoms with Crippen LogP contribution in [-0.4, -0.2) is 15.0 Å². The first-order chi connectivity index (χ1) is 33.5. The average molecular weight is 793 g/mol. The quantitative estimate of drug-likeness (QED) is 0.168. The van der Waals surface area contributed by atoms with Gasteiger partial charge in [-0.25, -0.2) is 15.0 Å². The van der Waals surface area contributed by atoms with Crippen molar-refractivity contribution in [1.29, 1.82) is 0 Å². The lowest BCUT2D eigenvalue weighted by atomic mass is 9.99. The van der Waals surface area contributed by atoms with Gasteiger partial charge in [0.05, 0.1) is 12.3 Å². The first-order valence-electron chi connectivity index (χ1n) is 23.9. The van der Waals surface area contributed by atoms with Crippen LogP contribution in [0, 0.1) is 0 Å². The van der Waals surface area contributed by atoms with Crippen LogP contribution in [0.3, 0.4) is 0 Å². The number of benzene rings is 9. The van der Waals surface area contributed by atoms with Crippen molar-refractivity contribution in [3.05, 3.63) is 200 Å². The summed E-state index contributed by atoms with van der Waals surface area (Å²) >= 11 is 0.969. The van der Waals surface area contributed by atoms with Gasteiger partial charge in [0.2, 0.25) is 0 Å². The molecule has 0 aliphatic carbocycles. The van der Waals surface area contributed by atoms with Gasteiger partial charge in [-0.05, 0) is 86.5 Å². The molecular weight excluding hydrogens is 751 g/mol. The lowest BCUT2D eigenvalue weighted by Crippen LogP contribution is -2.00. The molecule has 12 aromatic rings. The largest absolute Gasteiger partial charge is 0.456 e. The number of nitrogens with zero attached hydrogens (tertiary/aromatic N) is 3. The maximum atomic E-state index is 9.79. The van der Waals surface area contributed by atoms with E-state index in [0.717, 1.165) is 55.5 Å². The van der Waals surface area contributed by atoms with Crippen LogP contribution in [0.1, 0.15) is 12.3 Å². The van der Waals surface area contributed by atoms with Gasteiger partial charge in [0.25, 0.3) is 0 Å². The molecule has 0 atom stereocenters. The molecule has 0 aliphatic heterocycles. The third kappa shape index (κ3) is 5.86. The fourth-order valence-corrected chi connectivity index (χ4v) is 8.99. The highest BCUT2D eigenvalue weighted by Gasteiger charge is 2.18. The molecule has 280 valence electrons. The van der Waals surface area contributed by atoms with E-state index in [1.54, 1.807) is 0 Å². The number of hydrogen-bond acceptors (Lipinski definition) is 5. The number of aromatic nitrogens is 3. The van der Waals surface area contributed by atoms with E-state index in [1.807, 2.05) is 91.0 Å². The summed E-state index contributed by atoms with van der Waals surface area (Å²) in [5.74, 6) is 0.398. The predicted octanol–water partition coefficient (Wildman–Crippen LogP) is 15.3. The first-order valence-corrected chi connectivity index (χ1v) is 20.2. The Bertz CT molecular complexity index is 4120. The highest BCUT2D eigenvalue weighted by atomic mass is 32.1. The number of fused-ring (bicyclic) bond motifs is 8. The van der Waals surface area contributed by atoms with Gasteiger partial charge >= 0.3 is 0 Å². The summed E-state index contributed by atoms with van der Waals surface area (Å²) in [4.78, 5) is 14.9. The Labute approximate surface area is 362 Å². The predicted molar refractivity (Wildman–Crippen MR) is 250 cm³/mol. The van der Waals surface area contributed by atoms with E-state index in [9.17, 15) is 5.48 Å². The summed E-state index contributed by atoms with van der Waals surface area (Å²) in [6.45, 7) is 0. The van der Waals surface area contributed by atoms with Crippen LogP contribution in [0.5, 0.6) is 0 Å². The smallest absolute Gasteiger partial charge is 0.164 e. The maximum Gasteiger partial charge on any atom is 0.164 e. The third-order valence-corrected chi connectivity index (χ3v) is 12.0. The molecule has 0 unspecified atom stereocenters. The molecule has 0 aliphatic rings. The van der Waals surface area contributed by atoms with Crippen LogP contribution >= 0.6 is 11.3 Å². The van der Waals surface area contributed by atoms with Gasteiger partial charge in [-0.15, -0.1) is 11.3 Å². The number of hydrogen-bond donors (Lipinski definition) is 0. The molecule has 0 spiro atoms. The second-order valence-electron chi connectivity index (χ2n) is 14.4. The maximum absolute atomic E-state index is 9.79. The molecule has 3 aromatic heterocycles. The molecule has 0 saturated carbocycles. The molecule has 4 nitrogen and oxygen atoms in total. The summed E-state index contributed by atoms with van der Waals surface area (Å²) in [5.41, 5.74) is 8.52. The van der Waals surface area contributed by atoms with E-state index < -0.39 is 24.2 Å². The van der Waals surface area contributed by atoms with Gasteiger partial charge in [0, 0.05) is 47.6 Å². The molecule has 60 heavy (non-hydrogen) atoms. The lowest BCUT2D eigenvalue weighted by Gasteiger charge is -2.10. The standard InChI is InChI=1S/C55H33N3OS/c1-3-11-34(12-4-1)35-21-23-36(24-22-35)39-16-9-17-40(31-39)53-56-54(41-27-30-50-47(32-41)45-28-25-38-15-7-8-18-44(38)52(45)60-50)58-55(57-53)42-26-29-46-49(33-42)59-48-20-10-19-43(51(46)48)37-13-5-2-6-14-37/h1-33H/i7D,8D,15D,18D,25D,27D,28D,30D,32D. The van der Waals surface area contributed by atoms with Crippen LogP contribution < -0.4 is 0 Å². The Kier molecular flexibility index (Phi) is 6.13. The van der Waals surface area contributed by atoms with Crippen molar-refractivity contribution in [2.24, 2.45) is 0 Å². The van der Waals surface area contributed by atoms with E-state index in [2.05, 4.69) is 54.6 Å². The molecule has 0 radical (unpaired) electrons. The van der Waals surface area contributed by atoms with Crippen molar-refractivity contribution in [3.8, 4) is 67.5 Å². The Balaban J connectivity index is 1.08. The van der Waals surface area contributed by atoms with Crippen LogP contribution in [0.4, 0.5) is 0 Å². The van der Waals surface area contributed by atoms with Gasteiger partial charge in [-0.1, -0.05) is 158 Å². The fraction of sp³-hybridized carbons (Fsp3) is 0. The molecule has 0 fully saturated rings. The van der Waals surface area contributed by atoms with Crippen LogP contribution in [0.15, 0.2) is 204 Å². The van der Waals surface area contributed by atoms with Gasteiger partial charge in [0.1, 0.15) is 11.2 Å². The molecule has 0 N–H and O–H groups in total. The highest BCUT2D eigenvalue weighted by molar-refractivity contribution is 7.26. The average Bonchev–Trinajstić information content (AvgIpc) is 3.98. The zero-order chi connectivity index (χ0) is 47.4. The van der Waals surface area contributed by atoms with Crippen LogP contribution in [-0.2, 0) is 0 Å². The Morgan fingerprint density at radius 1 is 0.417 bits per heavy atom. The van der Waals surface area contributed by atoms with Crippen LogP contribution in [0.25, 0.3) is 120 Å². The minimum absolute atomic E-state index is 0.0290. The van der Waals surface area contributed by atoms with Crippen molar-refractivity contribution in [2.45, 2.75) is 0 Å². The monoisotopic (exact) mass is 792 g/mol. The second-order valence-corrected chi connectivity index (χ2v) is 15.5. The van der Waals surface area contributed by atoms with Crippen LogP contribution in [0.2, 0.25) is 0 Å². The molecule has 12 rings (SSSR count). The van der Waals surface area contributed by atoms with Crippen molar-refractivity contribution in [1.82, 2.24) is 15.0 Å². The summed E-state index contributed by atoms with van der Waals surface area (Å²) in [6.07, 6.45) is 0. The van der Waals surface area contributed by atoms with Gasteiger partial charge in [-0.3, -0.25) is 0 Å². The van der Waals surface area contributed by atoms with E-state index in [4.69, 9.17) is 26.2 Å². The molecule has 0 amide bonds. The topological polar surface area (TPSA) is 51.8 Å². The zero-order valence-corrected chi connectivity index (χ0v) is 32.3. The van der Waals surface area contributed by atoms with Crippen molar-refractivity contribution in [3.63, 3.8) is 0 Å². The summed E-state index contributed by atoms with van der Waals surface area (Å²) in [7, 11) is 0.